The minimum Gasteiger partial charge on any atom is -0.309 e. The zero-order valence-electron chi connectivity index (χ0n) is 56.7. The van der Waals surface area contributed by atoms with Gasteiger partial charge < -0.3 is 18.3 Å². The van der Waals surface area contributed by atoms with Crippen molar-refractivity contribution in [2.75, 3.05) is 0 Å². The number of rotatable bonds is 8. The molecule has 4 aromatic heterocycles. The first kappa shape index (κ1) is 59.1. The lowest BCUT2D eigenvalue weighted by Gasteiger charge is -2.11. The summed E-state index contributed by atoms with van der Waals surface area (Å²) in [6, 6.07) is 142. The average Bonchev–Trinajstić information content (AvgIpc) is 1.58. The maximum Gasteiger partial charge on any atom is 0.0541 e. The zero-order valence-corrected chi connectivity index (χ0v) is 56.7. The first-order valence-electron chi connectivity index (χ1n) is 35.9. The SMILES string of the molecule is c1ccc(-c2ccc(-n3c4ccccc4c4cc(-c5ccc6c(c5)c5ccccc5n6-c5ccc6c(ccc7ccccc76)c5)ccc43)cc2)cc1.c1ccc(-c2ccc(-n3c4ccccc4c4cc(-c5ccc6c(c5)c5ccccc5n6-c5ccc6ccc7ccccc7c6c5)ccc43)cc2)cc1. The Morgan fingerprint density at radius 1 is 0.115 bits per heavy atom. The van der Waals surface area contributed by atoms with Crippen molar-refractivity contribution >= 4 is 130 Å². The van der Waals surface area contributed by atoms with Gasteiger partial charge in [0.1, 0.15) is 0 Å². The minimum absolute atomic E-state index is 1.16. The molecule has 0 bridgehead atoms. The molecule has 0 saturated heterocycles. The van der Waals surface area contributed by atoms with Gasteiger partial charge in [0.25, 0.3) is 0 Å². The number of hydrogen-bond donors (Lipinski definition) is 0. The third-order valence-electron chi connectivity index (χ3n) is 21.8. The van der Waals surface area contributed by atoms with Gasteiger partial charge in [-0.2, -0.15) is 0 Å². The van der Waals surface area contributed by atoms with Gasteiger partial charge in [0.2, 0.25) is 0 Å². The number of hydrogen-bond acceptors (Lipinski definition) is 0. The van der Waals surface area contributed by atoms with Gasteiger partial charge in [-0.1, -0.05) is 267 Å². The highest BCUT2D eigenvalue weighted by Gasteiger charge is 2.20. The highest BCUT2D eigenvalue weighted by Crippen LogP contribution is 2.43. The molecule has 22 aromatic rings. The van der Waals surface area contributed by atoms with Crippen LogP contribution in [0.1, 0.15) is 0 Å². The van der Waals surface area contributed by atoms with Crippen molar-refractivity contribution < 1.29 is 0 Å². The second-order valence-electron chi connectivity index (χ2n) is 27.5. The van der Waals surface area contributed by atoms with E-state index in [0.717, 1.165) is 11.4 Å². The van der Waals surface area contributed by atoms with Gasteiger partial charge in [-0.25, -0.2) is 0 Å². The molecular formula is C100H64N4. The molecule has 0 unspecified atom stereocenters. The molecule has 0 saturated carbocycles. The highest BCUT2D eigenvalue weighted by molar-refractivity contribution is 6.17. The minimum atomic E-state index is 1.16. The predicted octanol–water partition coefficient (Wildman–Crippen LogP) is 27.0. The molecule has 0 fully saturated rings. The van der Waals surface area contributed by atoms with E-state index in [2.05, 4.69) is 407 Å². The van der Waals surface area contributed by atoms with Gasteiger partial charge in [-0.05, 0) is 209 Å². The van der Waals surface area contributed by atoms with Gasteiger partial charge in [-0.15, -0.1) is 0 Å². The van der Waals surface area contributed by atoms with Crippen LogP contribution in [0.3, 0.4) is 0 Å². The molecule has 104 heavy (non-hydrogen) atoms. The maximum atomic E-state index is 2.43. The third kappa shape index (κ3) is 9.61. The van der Waals surface area contributed by atoms with E-state index in [1.54, 1.807) is 0 Å². The second kappa shape index (κ2) is 24.0. The first-order chi connectivity index (χ1) is 51.6. The van der Waals surface area contributed by atoms with Crippen LogP contribution in [0.2, 0.25) is 0 Å². The number of fused-ring (bicyclic) bond motifs is 18. The summed E-state index contributed by atoms with van der Waals surface area (Å²) in [5.74, 6) is 0. The molecule has 4 heterocycles. The summed E-state index contributed by atoms with van der Waals surface area (Å²) in [6.45, 7) is 0. The summed E-state index contributed by atoms with van der Waals surface area (Å²) in [6.07, 6.45) is 0. The van der Waals surface area contributed by atoms with Crippen molar-refractivity contribution in [2.45, 2.75) is 0 Å². The van der Waals surface area contributed by atoms with Gasteiger partial charge >= 0.3 is 0 Å². The molecule has 0 N–H and O–H groups in total. The molecule has 4 heteroatoms. The van der Waals surface area contributed by atoms with Crippen molar-refractivity contribution in [1.29, 1.82) is 0 Å². The van der Waals surface area contributed by atoms with E-state index >= 15 is 0 Å². The Morgan fingerprint density at radius 2 is 0.365 bits per heavy atom. The second-order valence-corrected chi connectivity index (χ2v) is 27.5. The number of nitrogens with zero attached hydrogens (tertiary/aromatic N) is 4. The third-order valence-corrected chi connectivity index (χ3v) is 21.8. The van der Waals surface area contributed by atoms with Crippen LogP contribution in [0.5, 0.6) is 0 Å². The van der Waals surface area contributed by atoms with Crippen LogP contribution in [0.4, 0.5) is 0 Å². The predicted molar refractivity (Wildman–Crippen MR) is 442 cm³/mol. The molecule has 484 valence electrons. The standard InChI is InChI=1S/2C50H32N2/c1-2-10-33(11-3-1)34-20-25-39(26-21-34)51-47-16-8-6-14-42(47)45-30-37(23-28-49(45)51)38-24-29-50-46(31-38)43-15-7-9-17-48(43)52(50)40-27-22-36-19-18-35-12-4-5-13-41(35)44(36)32-40;1-2-10-33(11-3-1)34-20-24-39(25-21-34)51-47-16-8-6-14-43(47)45-31-36(22-28-49(45)51)37-23-29-50-46(32-37)44-15-7-9-17-48(44)52(50)40-26-27-42-38(30-40)19-18-35-12-4-5-13-41(35)42/h2*1-32H. The molecule has 0 spiro atoms. The summed E-state index contributed by atoms with van der Waals surface area (Å²) in [5.41, 5.74) is 24.1. The topological polar surface area (TPSA) is 19.7 Å². The van der Waals surface area contributed by atoms with E-state index in [1.807, 2.05) is 0 Å². The quantitative estimate of drug-likeness (QED) is 0.135. The Kier molecular flexibility index (Phi) is 13.6. The van der Waals surface area contributed by atoms with Crippen LogP contribution in [0.15, 0.2) is 388 Å². The van der Waals surface area contributed by atoms with E-state index in [-0.39, 0.29) is 0 Å². The fourth-order valence-electron chi connectivity index (χ4n) is 16.9. The lowest BCUT2D eigenvalue weighted by Crippen LogP contribution is -1.94. The average molecular weight is 1320 g/mol. The molecule has 0 aliphatic rings. The number of aromatic nitrogens is 4. The molecular weight excluding hydrogens is 1260 g/mol. The fraction of sp³-hybridized carbons (Fsp3) is 0. The van der Waals surface area contributed by atoms with E-state index in [4.69, 9.17) is 0 Å². The fourth-order valence-corrected chi connectivity index (χ4v) is 16.9. The van der Waals surface area contributed by atoms with Crippen LogP contribution in [0, 0.1) is 0 Å². The molecule has 0 aliphatic heterocycles. The van der Waals surface area contributed by atoms with Gasteiger partial charge in [0.15, 0.2) is 0 Å². The molecule has 18 aromatic carbocycles. The molecule has 0 amide bonds. The lowest BCUT2D eigenvalue weighted by atomic mass is 10.0. The van der Waals surface area contributed by atoms with Crippen LogP contribution < -0.4 is 0 Å². The smallest absolute Gasteiger partial charge is 0.0541 e. The van der Waals surface area contributed by atoms with Gasteiger partial charge in [0, 0.05) is 65.8 Å². The Morgan fingerprint density at radius 3 is 0.769 bits per heavy atom. The van der Waals surface area contributed by atoms with E-state index in [0.29, 0.717) is 0 Å². The van der Waals surface area contributed by atoms with Gasteiger partial charge in [0.05, 0.1) is 44.1 Å². The van der Waals surface area contributed by atoms with Crippen molar-refractivity contribution in [3.05, 3.63) is 388 Å². The number of benzene rings is 18. The maximum absolute atomic E-state index is 2.43. The molecule has 4 nitrogen and oxygen atoms in total. The molecule has 22 rings (SSSR count). The van der Waals surface area contributed by atoms with Crippen LogP contribution in [-0.4, -0.2) is 18.3 Å². The first-order valence-corrected chi connectivity index (χ1v) is 35.9. The Balaban J connectivity index is 0.000000134. The van der Waals surface area contributed by atoms with Crippen molar-refractivity contribution in [3.8, 4) is 67.3 Å². The lowest BCUT2D eigenvalue weighted by molar-refractivity contribution is 1.18. The van der Waals surface area contributed by atoms with Crippen LogP contribution in [-0.2, 0) is 0 Å². The van der Waals surface area contributed by atoms with Crippen molar-refractivity contribution in [3.63, 3.8) is 0 Å². The largest absolute Gasteiger partial charge is 0.309 e. The van der Waals surface area contributed by atoms with Crippen molar-refractivity contribution in [2.24, 2.45) is 0 Å². The normalized spacial score (nSPS) is 11.8. The van der Waals surface area contributed by atoms with E-state index in [9.17, 15) is 0 Å². The van der Waals surface area contributed by atoms with Crippen molar-refractivity contribution in [1.82, 2.24) is 18.3 Å². The van der Waals surface area contributed by atoms with Crippen LogP contribution in [0.25, 0.3) is 198 Å². The Labute approximate surface area is 600 Å². The summed E-state index contributed by atoms with van der Waals surface area (Å²) in [5, 5.41) is 20.2. The summed E-state index contributed by atoms with van der Waals surface area (Å²) >= 11 is 0. The highest BCUT2D eigenvalue weighted by atomic mass is 15.0. The molecule has 0 radical (unpaired) electrons. The molecule has 0 aliphatic carbocycles. The Bertz CT molecular complexity index is 7190. The number of para-hydroxylation sites is 4. The summed E-state index contributed by atoms with van der Waals surface area (Å²) < 4.78 is 9.64. The Hall–Kier alpha value is -13.8. The van der Waals surface area contributed by atoms with Gasteiger partial charge in [-0.3, -0.25) is 0 Å². The van der Waals surface area contributed by atoms with E-state index in [1.165, 1.54) is 186 Å². The summed E-state index contributed by atoms with van der Waals surface area (Å²) in [4.78, 5) is 0. The van der Waals surface area contributed by atoms with Crippen LogP contribution >= 0.6 is 0 Å². The molecule has 0 atom stereocenters. The monoisotopic (exact) mass is 1320 g/mol. The van der Waals surface area contributed by atoms with E-state index < -0.39 is 0 Å². The summed E-state index contributed by atoms with van der Waals surface area (Å²) in [7, 11) is 0. The zero-order chi connectivity index (χ0) is 68.3.